The molecule has 0 aliphatic carbocycles. The van der Waals surface area contributed by atoms with Gasteiger partial charge in [0.1, 0.15) is 17.9 Å². The smallest absolute Gasteiger partial charge is 0.335 e. The Labute approximate surface area is 265 Å². The van der Waals surface area contributed by atoms with Crippen molar-refractivity contribution in [1.82, 2.24) is 9.66 Å². The van der Waals surface area contributed by atoms with E-state index < -0.39 is 5.97 Å². The van der Waals surface area contributed by atoms with Gasteiger partial charge in [-0.05, 0) is 83.0 Å². The predicted octanol–water partition coefficient (Wildman–Crippen LogP) is 7.14. The van der Waals surface area contributed by atoms with Crippen LogP contribution in [0.3, 0.4) is 0 Å². The molecule has 6 aromatic rings. The number of fused-ring (bicyclic) bond motifs is 2. The standard InChI is InChI=1S/C34H26BrN3O7/c1-3-43-29-15-22(25(35)17-30(29)44-19-20-11-13-21(14-12-20)34(40)41)18-36-38-32(37-26-8-5-4-7-23(26)33(38)39)31-16-24-27(42-2)9-6-10-28(24)45-31/h4-18H,3,19H2,1-2H3,(H,40,41). The highest BCUT2D eigenvalue weighted by Crippen LogP contribution is 2.35. The number of hydrogen-bond donors (Lipinski definition) is 1. The molecule has 0 saturated heterocycles. The first-order valence-electron chi connectivity index (χ1n) is 13.9. The van der Waals surface area contributed by atoms with Gasteiger partial charge >= 0.3 is 5.97 Å². The number of halogens is 1. The molecule has 0 fully saturated rings. The van der Waals surface area contributed by atoms with Crippen molar-refractivity contribution in [2.24, 2.45) is 5.10 Å². The second-order valence-corrected chi connectivity index (χ2v) is 10.7. The number of benzene rings is 4. The lowest BCUT2D eigenvalue weighted by molar-refractivity contribution is 0.0697. The molecule has 226 valence electrons. The van der Waals surface area contributed by atoms with Gasteiger partial charge in [-0.3, -0.25) is 4.79 Å². The number of rotatable bonds is 10. The van der Waals surface area contributed by atoms with E-state index in [2.05, 4.69) is 21.0 Å². The SMILES string of the molecule is CCOc1cc(C=Nn2c(-c3cc4c(OC)cccc4o3)nc3ccccc3c2=O)c(Br)cc1OCc1ccc(C(=O)O)cc1. The van der Waals surface area contributed by atoms with Gasteiger partial charge in [-0.25, -0.2) is 9.78 Å². The van der Waals surface area contributed by atoms with Crippen LogP contribution in [0.4, 0.5) is 0 Å². The highest BCUT2D eigenvalue weighted by molar-refractivity contribution is 9.10. The molecule has 45 heavy (non-hydrogen) atoms. The average molecular weight is 669 g/mol. The fourth-order valence-corrected chi connectivity index (χ4v) is 5.19. The van der Waals surface area contributed by atoms with E-state index in [1.165, 1.54) is 23.0 Å². The van der Waals surface area contributed by atoms with Gasteiger partial charge < -0.3 is 23.7 Å². The van der Waals surface area contributed by atoms with E-state index >= 15 is 0 Å². The van der Waals surface area contributed by atoms with Crippen LogP contribution in [0, 0.1) is 0 Å². The summed E-state index contributed by atoms with van der Waals surface area (Å²) in [5.41, 5.74) is 2.34. The number of aromatic carboxylic acids is 1. The van der Waals surface area contributed by atoms with Crippen LogP contribution < -0.4 is 19.8 Å². The highest BCUT2D eigenvalue weighted by Gasteiger charge is 2.18. The number of methoxy groups -OCH3 is 1. The minimum atomic E-state index is -0.992. The zero-order valence-corrected chi connectivity index (χ0v) is 25.8. The second-order valence-electron chi connectivity index (χ2n) is 9.84. The zero-order valence-electron chi connectivity index (χ0n) is 24.2. The Morgan fingerprint density at radius 3 is 2.51 bits per heavy atom. The second kappa shape index (κ2) is 12.7. The first-order chi connectivity index (χ1) is 21.9. The Balaban J connectivity index is 1.38. The molecular weight excluding hydrogens is 642 g/mol. The van der Waals surface area contributed by atoms with Gasteiger partial charge in [0.2, 0.25) is 5.82 Å². The molecule has 2 heterocycles. The Morgan fingerprint density at radius 1 is 0.978 bits per heavy atom. The maximum atomic E-state index is 13.7. The van der Waals surface area contributed by atoms with Crippen LogP contribution in [-0.2, 0) is 6.61 Å². The summed E-state index contributed by atoms with van der Waals surface area (Å²) in [4.78, 5) is 29.6. The number of furan rings is 1. The van der Waals surface area contributed by atoms with Gasteiger partial charge in [-0.15, -0.1) is 0 Å². The molecule has 11 heteroatoms. The number of para-hydroxylation sites is 1. The van der Waals surface area contributed by atoms with Crippen LogP contribution in [0.15, 0.2) is 104 Å². The molecule has 0 aliphatic rings. The summed E-state index contributed by atoms with van der Waals surface area (Å²) in [5, 5.41) is 14.9. The number of ether oxygens (including phenoxy) is 3. The van der Waals surface area contributed by atoms with Crippen molar-refractivity contribution in [3.8, 4) is 28.8 Å². The van der Waals surface area contributed by atoms with E-state index in [1.54, 1.807) is 55.6 Å². The molecular formula is C34H26BrN3O7. The third-order valence-electron chi connectivity index (χ3n) is 6.99. The lowest BCUT2D eigenvalue weighted by Gasteiger charge is -2.14. The van der Waals surface area contributed by atoms with Crippen molar-refractivity contribution in [2.75, 3.05) is 13.7 Å². The van der Waals surface area contributed by atoms with Crippen molar-refractivity contribution >= 4 is 50.0 Å². The van der Waals surface area contributed by atoms with Crippen LogP contribution in [0.25, 0.3) is 33.5 Å². The summed E-state index contributed by atoms with van der Waals surface area (Å²) in [6.07, 6.45) is 1.53. The summed E-state index contributed by atoms with van der Waals surface area (Å²) in [6.45, 7) is 2.44. The Morgan fingerprint density at radius 2 is 1.76 bits per heavy atom. The monoisotopic (exact) mass is 667 g/mol. The topological polar surface area (TPSA) is 125 Å². The molecule has 0 bridgehead atoms. The molecule has 6 rings (SSSR count). The molecule has 1 N–H and O–H groups in total. The number of nitrogens with zero attached hydrogens (tertiary/aromatic N) is 3. The Hall–Kier alpha value is -5.42. The maximum absolute atomic E-state index is 13.7. The van der Waals surface area contributed by atoms with E-state index in [4.69, 9.17) is 28.7 Å². The molecule has 10 nitrogen and oxygen atoms in total. The highest BCUT2D eigenvalue weighted by atomic mass is 79.9. The molecule has 0 radical (unpaired) electrons. The van der Waals surface area contributed by atoms with Gasteiger partial charge in [0.05, 0.1) is 41.8 Å². The number of aromatic nitrogens is 2. The largest absolute Gasteiger partial charge is 0.496 e. The van der Waals surface area contributed by atoms with Crippen LogP contribution in [-0.4, -0.2) is 40.7 Å². The van der Waals surface area contributed by atoms with Crippen molar-refractivity contribution in [3.63, 3.8) is 0 Å². The first-order valence-corrected chi connectivity index (χ1v) is 14.7. The summed E-state index contributed by atoms with van der Waals surface area (Å²) in [6, 6.07) is 24.3. The Bertz CT molecular complexity index is 2140. The number of carboxylic acids is 1. The average Bonchev–Trinajstić information content (AvgIpc) is 3.49. The fraction of sp³-hybridized carbons (Fsp3) is 0.118. The van der Waals surface area contributed by atoms with E-state index in [1.807, 2.05) is 31.2 Å². The van der Waals surface area contributed by atoms with Crippen LogP contribution in [0.1, 0.15) is 28.4 Å². The summed E-state index contributed by atoms with van der Waals surface area (Å²) in [5.74, 6) is 1.16. The Kier molecular flexibility index (Phi) is 8.35. The molecule has 2 aromatic heterocycles. The maximum Gasteiger partial charge on any atom is 0.335 e. The van der Waals surface area contributed by atoms with Crippen molar-refractivity contribution < 1.29 is 28.5 Å². The molecule has 0 spiro atoms. The minimum absolute atomic E-state index is 0.198. The van der Waals surface area contributed by atoms with E-state index in [-0.39, 0.29) is 23.6 Å². The van der Waals surface area contributed by atoms with Gasteiger partial charge in [0.25, 0.3) is 5.56 Å². The third-order valence-corrected chi connectivity index (χ3v) is 7.67. The van der Waals surface area contributed by atoms with Crippen molar-refractivity contribution in [1.29, 1.82) is 0 Å². The van der Waals surface area contributed by atoms with Gasteiger partial charge in [0, 0.05) is 10.0 Å². The summed E-state index contributed by atoms with van der Waals surface area (Å²) >= 11 is 3.59. The van der Waals surface area contributed by atoms with Gasteiger partial charge in [-0.1, -0.05) is 30.3 Å². The summed E-state index contributed by atoms with van der Waals surface area (Å²) < 4.78 is 25.3. The van der Waals surface area contributed by atoms with Crippen LogP contribution >= 0.6 is 15.9 Å². The molecule has 0 saturated carbocycles. The predicted molar refractivity (Wildman–Crippen MR) is 174 cm³/mol. The fourth-order valence-electron chi connectivity index (χ4n) is 4.77. The third kappa shape index (κ3) is 6.02. The molecule has 0 amide bonds. The van der Waals surface area contributed by atoms with E-state index in [0.717, 1.165) is 10.9 Å². The zero-order chi connectivity index (χ0) is 31.5. The molecule has 0 atom stereocenters. The van der Waals surface area contributed by atoms with Crippen molar-refractivity contribution in [3.05, 3.63) is 116 Å². The van der Waals surface area contributed by atoms with E-state index in [9.17, 15) is 9.59 Å². The lowest BCUT2D eigenvalue weighted by atomic mass is 10.1. The lowest BCUT2D eigenvalue weighted by Crippen LogP contribution is -2.20. The first kappa shape index (κ1) is 29.6. The molecule has 0 unspecified atom stereocenters. The van der Waals surface area contributed by atoms with Gasteiger partial charge in [-0.2, -0.15) is 9.78 Å². The van der Waals surface area contributed by atoms with E-state index in [0.29, 0.717) is 56.1 Å². The van der Waals surface area contributed by atoms with Crippen LogP contribution in [0.2, 0.25) is 0 Å². The number of carbonyl (C=O) groups is 1. The molecule has 4 aromatic carbocycles. The molecule has 0 aliphatic heterocycles. The summed E-state index contributed by atoms with van der Waals surface area (Å²) in [7, 11) is 1.58. The normalized spacial score (nSPS) is 11.4. The van der Waals surface area contributed by atoms with Crippen LogP contribution in [0.5, 0.6) is 17.2 Å². The quantitative estimate of drug-likeness (QED) is 0.153. The number of hydrogen-bond acceptors (Lipinski definition) is 8. The van der Waals surface area contributed by atoms with Gasteiger partial charge in [0.15, 0.2) is 17.3 Å². The number of carboxylic acid groups (broad SMARTS) is 1. The van der Waals surface area contributed by atoms with Crippen molar-refractivity contribution in [2.45, 2.75) is 13.5 Å². The minimum Gasteiger partial charge on any atom is -0.496 e.